The summed E-state index contributed by atoms with van der Waals surface area (Å²) in [6.45, 7) is 6.82. The number of methoxy groups -OCH3 is 1. The lowest BCUT2D eigenvalue weighted by Crippen LogP contribution is -2.39. The van der Waals surface area contributed by atoms with Gasteiger partial charge in [-0.2, -0.15) is 5.26 Å². The van der Waals surface area contributed by atoms with Crippen LogP contribution in [0.1, 0.15) is 41.8 Å². The molecule has 0 aromatic heterocycles. The largest absolute Gasteiger partial charge is 0.383 e. The van der Waals surface area contributed by atoms with Crippen molar-refractivity contribution in [3.05, 3.63) is 69.3 Å². The Bertz CT molecular complexity index is 1020. The van der Waals surface area contributed by atoms with Gasteiger partial charge in [0.15, 0.2) is 0 Å². The molecule has 3 rings (SSSR count). The Hall–Kier alpha value is -3.44. The molecular weight excluding hydrogens is 420 g/mol. The summed E-state index contributed by atoms with van der Waals surface area (Å²) in [4.78, 5) is 28.5. The summed E-state index contributed by atoms with van der Waals surface area (Å²) in [5, 5.41) is 20.9. The standard InChI is InChI=1S/C25H30N4O4/c1-18-12-19(2)16-28(15-18)23-9-8-22(13-24(23)29(31)32)25(30)27(10-11-33-3)17-21-6-4-20(14-26)5-7-21/h4-9,13,18-19H,10-12,15-17H2,1-3H3. The molecule has 174 valence electrons. The normalized spacial score (nSPS) is 17.9. The number of hydrogen-bond donors (Lipinski definition) is 0. The summed E-state index contributed by atoms with van der Waals surface area (Å²) >= 11 is 0. The van der Waals surface area contributed by atoms with Gasteiger partial charge < -0.3 is 14.5 Å². The van der Waals surface area contributed by atoms with E-state index in [2.05, 4.69) is 24.8 Å². The van der Waals surface area contributed by atoms with Crippen LogP contribution in [0.5, 0.6) is 0 Å². The molecule has 0 N–H and O–H groups in total. The number of benzene rings is 2. The molecule has 0 spiro atoms. The number of rotatable bonds is 8. The second-order valence-electron chi connectivity index (χ2n) is 8.84. The Balaban J connectivity index is 1.88. The maximum absolute atomic E-state index is 13.3. The fourth-order valence-corrected chi connectivity index (χ4v) is 4.47. The lowest BCUT2D eigenvalue weighted by molar-refractivity contribution is -0.384. The number of carbonyl (C=O) groups excluding carboxylic acids is 1. The van der Waals surface area contributed by atoms with Crippen LogP contribution in [0, 0.1) is 33.3 Å². The number of nitro groups is 1. The number of nitrogens with zero attached hydrogens (tertiary/aromatic N) is 4. The van der Waals surface area contributed by atoms with E-state index in [-0.39, 0.29) is 17.2 Å². The first kappa shape index (κ1) is 24.2. The van der Waals surface area contributed by atoms with Crippen LogP contribution < -0.4 is 4.90 Å². The molecule has 33 heavy (non-hydrogen) atoms. The van der Waals surface area contributed by atoms with E-state index in [1.807, 2.05) is 0 Å². The minimum Gasteiger partial charge on any atom is -0.383 e. The Labute approximate surface area is 194 Å². The van der Waals surface area contributed by atoms with E-state index in [1.54, 1.807) is 48.4 Å². The van der Waals surface area contributed by atoms with Crippen LogP contribution in [0.3, 0.4) is 0 Å². The van der Waals surface area contributed by atoms with Crippen molar-refractivity contribution in [1.82, 2.24) is 4.90 Å². The van der Waals surface area contributed by atoms with Crippen molar-refractivity contribution in [2.45, 2.75) is 26.8 Å². The zero-order valence-corrected chi connectivity index (χ0v) is 19.4. The molecule has 1 aliphatic rings. The number of piperidine rings is 1. The van der Waals surface area contributed by atoms with Crippen LogP contribution >= 0.6 is 0 Å². The van der Waals surface area contributed by atoms with Crippen molar-refractivity contribution in [3.63, 3.8) is 0 Å². The predicted molar refractivity (Wildman–Crippen MR) is 126 cm³/mol. The number of hydrogen-bond acceptors (Lipinski definition) is 6. The van der Waals surface area contributed by atoms with Crippen LogP contribution in [0.25, 0.3) is 0 Å². The maximum Gasteiger partial charge on any atom is 0.293 e. The van der Waals surface area contributed by atoms with Gasteiger partial charge in [0, 0.05) is 44.9 Å². The van der Waals surface area contributed by atoms with Crippen molar-refractivity contribution in [1.29, 1.82) is 5.26 Å². The monoisotopic (exact) mass is 450 g/mol. The van der Waals surface area contributed by atoms with Crippen molar-refractivity contribution < 1.29 is 14.5 Å². The van der Waals surface area contributed by atoms with Gasteiger partial charge in [0.05, 0.1) is 23.2 Å². The highest BCUT2D eigenvalue weighted by molar-refractivity contribution is 5.95. The predicted octanol–water partition coefficient (Wildman–Crippen LogP) is 4.24. The van der Waals surface area contributed by atoms with Gasteiger partial charge in [-0.15, -0.1) is 0 Å². The third-order valence-corrected chi connectivity index (χ3v) is 5.94. The molecule has 0 bridgehead atoms. The number of ether oxygens (including phenoxy) is 1. The number of anilines is 1. The van der Waals surface area contributed by atoms with Gasteiger partial charge in [-0.25, -0.2) is 0 Å². The minimum atomic E-state index is -0.407. The van der Waals surface area contributed by atoms with E-state index in [1.165, 1.54) is 6.07 Å². The lowest BCUT2D eigenvalue weighted by Gasteiger charge is -2.36. The summed E-state index contributed by atoms with van der Waals surface area (Å²) in [7, 11) is 1.56. The van der Waals surface area contributed by atoms with Crippen molar-refractivity contribution >= 4 is 17.3 Å². The first-order chi connectivity index (χ1) is 15.8. The summed E-state index contributed by atoms with van der Waals surface area (Å²) in [6, 6.07) is 13.8. The van der Waals surface area contributed by atoms with E-state index in [0.29, 0.717) is 42.8 Å². The molecule has 2 unspecified atom stereocenters. The van der Waals surface area contributed by atoms with E-state index in [9.17, 15) is 14.9 Å². The second kappa shape index (κ2) is 10.9. The molecule has 1 fully saturated rings. The highest BCUT2D eigenvalue weighted by Crippen LogP contribution is 2.34. The third-order valence-electron chi connectivity index (χ3n) is 5.94. The van der Waals surface area contributed by atoms with Gasteiger partial charge in [-0.05, 0) is 48.1 Å². The van der Waals surface area contributed by atoms with Crippen LogP contribution in [-0.4, -0.2) is 49.1 Å². The van der Waals surface area contributed by atoms with Gasteiger partial charge in [-0.1, -0.05) is 26.0 Å². The second-order valence-corrected chi connectivity index (χ2v) is 8.84. The Morgan fingerprint density at radius 3 is 2.45 bits per heavy atom. The van der Waals surface area contributed by atoms with Gasteiger partial charge in [0.1, 0.15) is 5.69 Å². The number of nitro benzene ring substituents is 1. The molecule has 0 radical (unpaired) electrons. The average Bonchev–Trinajstić information content (AvgIpc) is 2.80. The van der Waals surface area contributed by atoms with E-state index in [0.717, 1.165) is 25.1 Å². The molecule has 0 aliphatic carbocycles. The van der Waals surface area contributed by atoms with Gasteiger partial charge in [0.2, 0.25) is 0 Å². The van der Waals surface area contributed by atoms with Crippen LogP contribution in [0.15, 0.2) is 42.5 Å². The van der Waals surface area contributed by atoms with Crippen molar-refractivity contribution in [2.24, 2.45) is 11.8 Å². The number of nitriles is 1. The fraction of sp³-hybridized carbons (Fsp3) is 0.440. The van der Waals surface area contributed by atoms with E-state index in [4.69, 9.17) is 10.00 Å². The summed E-state index contributed by atoms with van der Waals surface area (Å²) < 4.78 is 5.16. The Morgan fingerprint density at radius 2 is 1.88 bits per heavy atom. The smallest absolute Gasteiger partial charge is 0.293 e. The molecule has 8 nitrogen and oxygen atoms in total. The van der Waals surface area contributed by atoms with Crippen LogP contribution in [0.2, 0.25) is 0 Å². The molecule has 2 aromatic rings. The quantitative estimate of drug-likeness (QED) is 0.441. The van der Waals surface area contributed by atoms with E-state index < -0.39 is 4.92 Å². The summed E-state index contributed by atoms with van der Waals surface area (Å²) in [6.07, 6.45) is 1.10. The van der Waals surface area contributed by atoms with Crippen molar-refractivity contribution in [2.75, 3.05) is 38.3 Å². The molecule has 8 heteroatoms. The van der Waals surface area contributed by atoms with Crippen LogP contribution in [-0.2, 0) is 11.3 Å². The first-order valence-corrected chi connectivity index (χ1v) is 11.1. The third kappa shape index (κ3) is 6.08. The lowest BCUT2D eigenvalue weighted by atomic mass is 9.91. The summed E-state index contributed by atoms with van der Waals surface area (Å²) in [5.74, 6) is 0.602. The molecule has 1 amide bonds. The zero-order valence-electron chi connectivity index (χ0n) is 19.4. The minimum absolute atomic E-state index is 0.0489. The fourth-order valence-electron chi connectivity index (χ4n) is 4.47. The maximum atomic E-state index is 13.3. The zero-order chi connectivity index (χ0) is 24.0. The van der Waals surface area contributed by atoms with Crippen molar-refractivity contribution in [3.8, 4) is 6.07 Å². The van der Waals surface area contributed by atoms with Gasteiger partial charge >= 0.3 is 0 Å². The summed E-state index contributed by atoms with van der Waals surface area (Å²) in [5.41, 5.74) is 2.19. The SMILES string of the molecule is COCCN(Cc1ccc(C#N)cc1)C(=O)c1ccc(N2CC(C)CC(C)C2)c([N+](=O)[O-])c1. The molecule has 2 atom stereocenters. The highest BCUT2D eigenvalue weighted by Gasteiger charge is 2.28. The van der Waals surface area contributed by atoms with Gasteiger partial charge in [0.25, 0.3) is 11.6 Å². The van der Waals surface area contributed by atoms with Crippen LogP contribution in [0.4, 0.5) is 11.4 Å². The van der Waals surface area contributed by atoms with E-state index >= 15 is 0 Å². The molecular formula is C25H30N4O4. The highest BCUT2D eigenvalue weighted by atomic mass is 16.6. The molecule has 1 aliphatic heterocycles. The molecule has 2 aromatic carbocycles. The Kier molecular flexibility index (Phi) is 8.01. The number of amides is 1. The average molecular weight is 451 g/mol. The Morgan fingerprint density at radius 1 is 1.21 bits per heavy atom. The first-order valence-electron chi connectivity index (χ1n) is 11.1. The molecule has 1 heterocycles. The topological polar surface area (TPSA) is 99.7 Å². The number of carbonyl (C=O) groups is 1. The van der Waals surface area contributed by atoms with Gasteiger partial charge in [-0.3, -0.25) is 14.9 Å². The molecule has 0 saturated carbocycles. The molecule has 1 saturated heterocycles.